The van der Waals surface area contributed by atoms with Crippen molar-refractivity contribution in [2.45, 2.75) is 0 Å². The highest BCUT2D eigenvalue weighted by Crippen LogP contribution is 2.19. The first kappa shape index (κ1) is 15.2. The van der Waals surface area contributed by atoms with Gasteiger partial charge in [0.1, 0.15) is 5.82 Å². The largest absolute Gasteiger partial charge is 0.481 e. The van der Waals surface area contributed by atoms with Crippen LogP contribution in [0.25, 0.3) is 0 Å². The number of hydrogen-bond acceptors (Lipinski definition) is 5. The summed E-state index contributed by atoms with van der Waals surface area (Å²) in [7, 11) is 2.84. The van der Waals surface area contributed by atoms with E-state index in [1.807, 2.05) is 0 Å². The van der Waals surface area contributed by atoms with Gasteiger partial charge in [0.25, 0.3) is 5.91 Å². The number of carbonyl (C=O) groups is 1. The number of benzene rings is 1. The molecule has 0 fully saturated rings. The number of halogens is 2. The van der Waals surface area contributed by atoms with Gasteiger partial charge < -0.3 is 9.47 Å². The molecule has 0 saturated heterocycles. The SMILES string of the molecule is COc1cc(OC)nc(NC(=O)c2cc(Br)ccc2F)n1. The number of carbonyl (C=O) groups excluding carboxylic acids is 1. The molecule has 1 amide bonds. The molecule has 0 spiro atoms. The van der Waals surface area contributed by atoms with E-state index >= 15 is 0 Å². The number of anilines is 1. The molecule has 6 nitrogen and oxygen atoms in total. The molecular formula is C13H11BrFN3O3. The van der Waals surface area contributed by atoms with E-state index in [4.69, 9.17) is 9.47 Å². The molecule has 2 rings (SSSR count). The van der Waals surface area contributed by atoms with Crippen LogP contribution in [0, 0.1) is 5.82 Å². The van der Waals surface area contributed by atoms with Crippen LogP contribution in [0.5, 0.6) is 11.8 Å². The Hall–Kier alpha value is -2.22. The van der Waals surface area contributed by atoms with Crippen LogP contribution in [0.1, 0.15) is 10.4 Å². The molecule has 0 saturated carbocycles. The van der Waals surface area contributed by atoms with E-state index < -0.39 is 11.7 Å². The van der Waals surface area contributed by atoms with Gasteiger partial charge in [-0.25, -0.2) is 4.39 Å². The molecular weight excluding hydrogens is 345 g/mol. The van der Waals surface area contributed by atoms with Gasteiger partial charge in [0, 0.05) is 4.47 Å². The monoisotopic (exact) mass is 355 g/mol. The van der Waals surface area contributed by atoms with Crippen molar-refractivity contribution in [3.63, 3.8) is 0 Å². The van der Waals surface area contributed by atoms with E-state index in [0.717, 1.165) is 0 Å². The number of rotatable bonds is 4. The van der Waals surface area contributed by atoms with Crippen LogP contribution in [0.15, 0.2) is 28.7 Å². The lowest BCUT2D eigenvalue weighted by Gasteiger charge is -2.08. The van der Waals surface area contributed by atoms with Crippen LogP contribution < -0.4 is 14.8 Å². The lowest BCUT2D eigenvalue weighted by molar-refractivity contribution is 0.102. The van der Waals surface area contributed by atoms with E-state index in [9.17, 15) is 9.18 Å². The second-order valence-corrected chi connectivity index (χ2v) is 4.77. The van der Waals surface area contributed by atoms with Gasteiger partial charge in [-0.05, 0) is 18.2 Å². The smallest absolute Gasteiger partial charge is 0.261 e. The minimum absolute atomic E-state index is 0.0458. The summed E-state index contributed by atoms with van der Waals surface area (Å²) in [6.07, 6.45) is 0. The van der Waals surface area contributed by atoms with E-state index in [1.165, 1.54) is 38.5 Å². The maximum absolute atomic E-state index is 13.6. The Morgan fingerprint density at radius 3 is 2.38 bits per heavy atom. The number of nitrogens with zero attached hydrogens (tertiary/aromatic N) is 2. The summed E-state index contributed by atoms with van der Waals surface area (Å²) in [5.74, 6) is -0.941. The average molecular weight is 356 g/mol. The van der Waals surface area contributed by atoms with Crippen LogP contribution in [0.4, 0.5) is 10.3 Å². The van der Waals surface area contributed by atoms with Crippen molar-refractivity contribution in [3.05, 3.63) is 40.1 Å². The standard InChI is InChI=1S/C13H11BrFN3O3/c1-20-10-6-11(21-2)17-13(16-10)18-12(19)8-5-7(14)3-4-9(8)15/h3-6H,1-2H3,(H,16,17,18,19). The molecule has 0 unspecified atom stereocenters. The van der Waals surface area contributed by atoms with Crippen molar-refractivity contribution in [2.75, 3.05) is 19.5 Å². The predicted octanol–water partition coefficient (Wildman–Crippen LogP) is 2.65. The summed E-state index contributed by atoms with van der Waals surface area (Å²) in [4.78, 5) is 19.9. The Morgan fingerprint density at radius 1 is 1.19 bits per heavy atom. The van der Waals surface area contributed by atoms with Crippen molar-refractivity contribution in [3.8, 4) is 11.8 Å². The van der Waals surface area contributed by atoms with Gasteiger partial charge in [-0.3, -0.25) is 10.1 Å². The van der Waals surface area contributed by atoms with Gasteiger partial charge in [-0.1, -0.05) is 15.9 Å². The Balaban J connectivity index is 2.28. The fourth-order valence-corrected chi connectivity index (χ4v) is 1.87. The van der Waals surface area contributed by atoms with Crippen molar-refractivity contribution in [1.29, 1.82) is 0 Å². The van der Waals surface area contributed by atoms with Crippen LogP contribution in [0.2, 0.25) is 0 Å². The lowest BCUT2D eigenvalue weighted by Crippen LogP contribution is -2.16. The first-order valence-corrected chi connectivity index (χ1v) is 6.56. The topological polar surface area (TPSA) is 73.3 Å². The van der Waals surface area contributed by atoms with Gasteiger partial charge in [0.2, 0.25) is 17.7 Å². The summed E-state index contributed by atoms with van der Waals surface area (Å²) in [6, 6.07) is 5.50. The Bertz CT molecular complexity index is 659. The number of methoxy groups -OCH3 is 2. The highest BCUT2D eigenvalue weighted by Gasteiger charge is 2.15. The number of ether oxygens (including phenoxy) is 2. The van der Waals surface area contributed by atoms with E-state index in [0.29, 0.717) is 4.47 Å². The normalized spacial score (nSPS) is 10.1. The minimum Gasteiger partial charge on any atom is -0.481 e. The molecule has 0 aliphatic carbocycles. The predicted molar refractivity (Wildman–Crippen MR) is 77.2 cm³/mol. The third kappa shape index (κ3) is 3.66. The fraction of sp³-hybridized carbons (Fsp3) is 0.154. The molecule has 0 atom stereocenters. The molecule has 2 aromatic rings. The van der Waals surface area contributed by atoms with Crippen molar-refractivity contribution in [2.24, 2.45) is 0 Å². The number of hydrogen-bond donors (Lipinski definition) is 1. The van der Waals surface area contributed by atoms with E-state index in [-0.39, 0.29) is 23.3 Å². The van der Waals surface area contributed by atoms with Crippen LogP contribution in [-0.4, -0.2) is 30.1 Å². The zero-order valence-corrected chi connectivity index (χ0v) is 12.8. The molecule has 8 heteroatoms. The van der Waals surface area contributed by atoms with Gasteiger partial charge in [-0.15, -0.1) is 0 Å². The molecule has 1 aromatic heterocycles. The molecule has 1 aromatic carbocycles. The Kier molecular flexibility index (Phi) is 4.69. The van der Waals surface area contributed by atoms with E-state index in [2.05, 4.69) is 31.2 Å². The highest BCUT2D eigenvalue weighted by molar-refractivity contribution is 9.10. The van der Waals surface area contributed by atoms with Gasteiger partial charge >= 0.3 is 0 Å². The fourth-order valence-electron chi connectivity index (χ4n) is 1.51. The lowest BCUT2D eigenvalue weighted by atomic mass is 10.2. The molecule has 0 aliphatic heterocycles. The van der Waals surface area contributed by atoms with Gasteiger partial charge in [-0.2, -0.15) is 9.97 Å². The second kappa shape index (κ2) is 6.49. The third-order valence-corrected chi connectivity index (χ3v) is 2.99. The molecule has 21 heavy (non-hydrogen) atoms. The summed E-state index contributed by atoms with van der Waals surface area (Å²) in [6.45, 7) is 0. The average Bonchev–Trinajstić information content (AvgIpc) is 2.49. The van der Waals surface area contributed by atoms with Crippen molar-refractivity contribution in [1.82, 2.24) is 9.97 Å². The quantitative estimate of drug-likeness (QED) is 0.912. The molecule has 0 bridgehead atoms. The summed E-state index contributed by atoms with van der Waals surface area (Å²) in [5, 5.41) is 2.39. The van der Waals surface area contributed by atoms with E-state index in [1.54, 1.807) is 0 Å². The van der Waals surface area contributed by atoms with Crippen molar-refractivity contribution >= 4 is 27.8 Å². The molecule has 110 valence electrons. The number of amides is 1. The highest BCUT2D eigenvalue weighted by atomic mass is 79.9. The van der Waals surface area contributed by atoms with Crippen LogP contribution in [0.3, 0.4) is 0 Å². The first-order valence-electron chi connectivity index (χ1n) is 5.77. The number of nitrogens with one attached hydrogen (secondary N) is 1. The van der Waals surface area contributed by atoms with Crippen molar-refractivity contribution < 1.29 is 18.7 Å². The molecule has 1 heterocycles. The maximum Gasteiger partial charge on any atom is 0.261 e. The summed E-state index contributed by atoms with van der Waals surface area (Å²) in [5.41, 5.74) is -0.130. The first-order chi connectivity index (χ1) is 10.0. The van der Waals surface area contributed by atoms with Crippen LogP contribution >= 0.6 is 15.9 Å². The van der Waals surface area contributed by atoms with Gasteiger partial charge in [0.05, 0.1) is 25.8 Å². The molecule has 0 radical (unpaired) electrons. The Labute approximate surface area is 128 Å². The zero-order valence-electron chi connectivity index (χ0n) is 11.2. The molecule has 0 aliphatic rings. The zero-order chi connectivity index (χ0) is 15.4. The minimum atomic E-state index is -0.677. The third-order valence-electron chi connectivity index (χ3n) is 2.50. The number of aromatic nitrogens is 2. The maximum atomic E-state index is 13.6. The van der Waals surface area contributed by atoms with Crippen LogP contribution in [-0.2, 0) is 0 Å². The Morgan fingerprint density at radius 2 is 1.81 bits per heavy atom. The second-order valence-electron chi connectivity index (χ2n) is 3.85. The summed E-state index contributed by atoms with van der Waals surface area (Å²) >= 11 is 3.18. The summed E-state index contributed by atoms with van der Waals surface area (Å²) < 4.78 is 24.2. The molecule has 1 N–H and O–H groups in total. The van der Waals surface area contributed by atoms with Gasteiger partial charge in [0.15, 0.2) is 0 Å².